The van der Waals surface area contributed by atoms with E-state index >= 15 is 0 Å². The van der Waals surface area contributed by atoms with Crippen molar-refractivity contribution in [1.29, 1.82) is 0 Å². The summed E-state index contributed by atoms with van der Waals surface area (Å²) in [6, 6.07) is 0.740. The third kappa shape index (κ3) is 6.28. The van der Waals surface area contributed by atoms with Crippen LogP contribution in [0.2, 0.25) is 0 Å². The molecule has 0 bridgehead atoms. The van der Waals surface area contributed by atoms with E-state index in [1.54, 1.807) is 0 Å². The number of halogens is 2. The van der Waals surface area contributed by atoms with Crippen molar-refractivity contribution in [2.75, 3.05) is 46.4 Å². The van der Waals surface area contributed by atoms with Crippen LogP contribution in [-0.2, 0) is 9.53 Å². The molecule has 2 unspecified atom stereocenters. The molecule has 1 amide bonds. The molecule has 0 spiro atoms. The Balaban J connectivity index is 0.00000200. The molecule has 5 nitrogen and oxygen atoms in total. The fourth-order valence-electron chi connectivity index (χ4n) is 3.05. The Bertz CT molecular complexity index is 302. The Morgan fingerprint density at radius 3 is 2.81 bits per heavy atom. The van der Waals surface area contributed by atoms with Gasteiger partial charge in [-0.05, 0) is 25.9 Å². The van der Waals surface area contributed by atoms with E-state index in [2.05, 4.69) is 17.1 Å². The van der Waals surface area contributed by atoms with Crippen molar-refractivity contribution < 1.29 is 9.53 Å². The summed E-state index contributed by atoms with van der Waals surface area (Å²) in [6.07, 6.45) is 3.03. The van der Waals surface area contributed by atoms with Gasteiger partial charge in [-0.2, -0.15) is 0 Å². The van der Waals surface area contributed by atoms with Crippen molar-refractivity contribution in [2.45, 2.75) is 38.3 Å². The number of carbonyl (C=O) groups excluding carboxylic acids is 1. The van der Waals surface area contributed by atoms with Gasteiger partial charge in [0.1, 0.15) is 0 Å². The number of nitrogens with one attached hydrogen (secondary N) is 1. The first-order chi connectivity index (χ1) is 9.20. The zero-order valence-corrected chi connectivity index (χ0v) is 14.7. The highest BCUT2D eigenvalue weighted by Crippen LogP contribution is 2.17. The average Bonchev–Trinajstić information content (AvgIpc) is 2.87. The maximum absolute atomic E-state index is 12.2. The number of nitrogens with zero attached hydrogens (tertiary/aromatic N) is 2. The van der Waals surface area contributed by atoms with Gasteiger partial charge in [0.25, 0.3) is 0 Å². The first kappa shape index (κ1) is 20.9. The lowest BCUT2D eigenvalue weighted by atomic mass is 10.1. The van der Waals surface area contributed by atoms with Crippen LogP contribution in [0.1, 0.15) is 26.2 Å². The van der Waals surface area contributed by atoms with Gasteiger partial charge in [0.2, 0.25) is 5.91 Å². The maximum atomic E-state index is 12.2. The zero-order chi connectivity index (χ0) is 13.7. The van der Waals surface area contributed by atoms with Gasteiger partial charge >= 0.3 is 0 Å². The monoisotopic (exact) mass is 341 g/mol. The van der Waals surface area contributed by atoms with Crippen LogP contribution in [0.25, 0.3) is 0 Å². The smallest absolute Gasteiger partial charge is 0.224 e. The maximum Gasteiger partial charge on any atom is 0.224 e. The highest BCUT2D eigenvalue weighted by Gasteiger charge is 2.26. The van der Waals surface area contributed by atoms with Crippen LogP contribution in [0.4, 0.5) is 0 Å². The predicted molar refractivity (Wildman–Crippen MR) is 89.6 cm³/mol. The molecule has 0 aromatic heterocycles. The van der Waals surface area contributed by atoms with Gasteiger partial charge in [0.15, 0.2) is 0 Å². The SMILES string of the molecule is CCN1CCCC1CN(C)C(=O)CC1COCCN1.Cl.Cl. The molecule has 2 rings (SSSR count). The summed E-state index contributed by atoms with van der Waals surface area (Å²) >= 11 is 0. The molecule has 1 N–H and O–H groups in total. The molecule has 0 aromatic carbocycles. The van der Waals surface area contributed by atoms with Gasteiger partial charge in [-0.25, -0.2) is 0 Å². The predicted octanol–water partition coefficient (Wildman–Crippen LogP) is 1.15. The molecular weight excluding hydrogens is 313 g/mol. The third-order valence-corrected chi connectivity index (χ3v) is 4.24. The number of likely N-dealkylation sites (N-methyl/N-ethyl adjacent to an activating group) is 2. The standard InChI is InChI=1S/C14H27N3O2.2ClH/c1-3-17-7-4-5-13(17)10-16(2)14(18)9-12-11-19-8-6-15-12;;/h12-13,15H,3-11H2,1-2H3;2*1H. The fourth-order valence-corrected chi connectivity index (χ4v) is 3.05. The van der Waals surface area contributed by atoms with E-state index in [0.29, 0.717) is 19.1 Å². The van der Waals surface area contributed by atoms with E-state index in [0.717, 1.165) is 26.2 Å². The average molecular weight is 342 g/mol. The van der Waals surface area contributed by atoms with Crippen LogP contribution in [0.15, 0.2) is 0 Å². The Labute approximate surface area is 140 Å². The van der Waals surface area contributed by atoms with E-state index in [-0.39, 0.29) is 36.8 Å². The number of likely N-dealkylation sites (tertiary alicyclic amines) is 1. The summed E-state index contributed by atoms with van der Waals surface area (Å²) in [5.41, 5.74) is 0. The normalized spacial score (nSPS) is 25.8. The minimum absolute atomic E-state index is 0. The van der Waals surface area contributed by atoms with E-state index in [4.69, 9.17) is 4.74 Å². The lowest BCUT2D eigenvalue weighted by molar-refractivity contribution is -0.131. The lowest BCUT2D eigenvalue weighted by Gasteiger charge is -2.29. The van der Waals surface area contributed by atoms with Gasteiger partial charge in [0.05, 0.1) is 13.2 Å². The molecule has 2 heterocycles. The van der Waals surface area contributed by atoms with Gasteiger partial charge < -0.3 is 15.0 Å². The second-order valence-corrected chi connectivity index (χ2v) is 5.63. The van der Waals surface area contributed by atoms with Gasteiger partial charge in [-0.1, -0.05) is 6.92 Å². The van der Waals surface area contributed by atoms with Gasteiger partial charge in [-0.15, -0.1) is 24.8 Å². The van der Waals surface area contributed by atoms with E-state index in [9.17, 15) is 4.79 Å². The highest BCUT2D eigenvalue weighted by atomic mass is 35.5. The number of morpholine rings is 1. The quantitative estimate of drug-likeness (QED) is 0.814. The molecule has 7 heteroatoms. The number of carbonyl (C=O) groups is 1. The van der Waals surface area contributed by atoms with Crippen LogP contribution in [-0.4, -0.2) is 74.2 Å². The first-order valence-corrected chi connectivity index (χ1v) is 7.50. The molecule has 126 valence electrons. The second-order valence-electron chi connectivity index (χ2n) is 5.63. The molecule has 2 aliphatic heterocycles. The number of rotatable bonds is 5. The topological polar surface area (TPSA) is 44.8 Å². The molecule has 0 saturated carbocycles. The van der Waals surface area contributed by atoms with Crippen LogP contribution in [0.5, 0.6) is 0 Å². The van der Waals surface area contributed by atoms with Crippen molar-refractivity contribution in [1.82, 2.24) is 15.1 Å². The van der Waals surface area contributed by atoms with Gasteiger partial charge in [-0.3, -0.25) is 9.69 Å². The fraction of sp³-hybridized carbons (Fsp3) is 0.929. The van der Waals surface area contributed by atoms with Crippen molar-refractivity contribution in [3.8, 4) is 0 Å². The van der Waals surface area contributed by atoms with Crippen molar-refractivity contribution in [3.63, 3.8) is 0 Å². The second kappa shape index (κ2) is 10.6. The van der Waals surface area contributed by atoms with Crippen LogP contribution >= 0.6 is 24.8 Å². The van der Waals surface area contributed by atoms with Crippen molar-refractivity contribution in [3.05, 3.63) is 0 Å². The van der Waals surface area contributed by atoms with Crippen LogP contribution in [0.3, 0.4) is 0 Å². The molecule has 2 saturated heterocycles. The molecule has 0 aliphatic carbocycles. The number of hydrogen-bond donors (Lipinski definition) is 1. The van der Waals surface area contributed by atoms with Crippen molar-refractivity contribution in [2.24, 2.45) is 0 Å². The summed E-state index contributed by atoms with van der Waals surface area (Å²) < 4.78 is 5.39. The van der Waals surface area contributed by atoms with E-state index in [1.165, 1.54) is 19.4 Å². The summed E-state index contributed by atoms with van der Waals surface area (Å²) in [5, 5.41) is 3.34. The zero-order valence-electron chi connectivity index (χ0n) is 13.0. The van der Waals surface area contributed by atoms with E-state index < -0.39 is 0 Å². The van der Waals surface area contributed by atoms with Gasteiger partial charge in [0, 0.05) is 38.6 Å². The minimum atomic E-state index is 0. The van der Waals surface area contributed by atoms with Crippen LogP contribution in [0, 0.1) is 0 Å². The third-order valence-electron chi connectivity index (χ3n) is 4.24. The molecule has 2 fully saturated rings. The lowest BCUT2D eigenvalue weighted by Crippen LogP contribution is -2.46. The number of hydrogen-bond acceptors (Lipinski definition) is 4. The molecule has 2 atom stereocenters. The molecule has 0 aromatic rings. The largest absolute Gasteiger partial charge is 0.378 e. The summed E-state index contributed by atoms with van der Waals surface area (Å²) in [4.78, 5) is 16.6. The summed E-state index contributed by atoms with van der Waals surface area (Å²) in [5.74, 6) is 0.228. The highest BCUT2D eigenvalue weighted by molar-refractivity contribution is 5.85. The van der Waals surface area contributed by atoms with Crippen molar-refractivity contribution >= 4 is 30.7 Å². The Hall–Kier alpha value is -0.0700. The van der Waals surface area contributed by atoms with Crippen LogP contribution < -0.4 is 5.32 Å². The summed E-state index contributed by atoms with van der Waals surface area (Å²) in [6.45, 7) is 7.60. The molecular formula is C14H29Cl2N3O2. The number of amides is 1. The first-order valence-electron chi connectivity index (χ1n) is 7.50. The Morgan fingerprint density at radius 1 is 1.43 bits per heavy atom. The molecule has 21 heavy (non-hydrogen) atoms. The minimum Gasteiger partial charge on any atom is -0.378 e. The van der Waals surface area contributed by atoms with E-state index in [1.807, 2.05) is 11.9 Å². The molecule has 0 radical (unpaired) electrons. The molecule has 2 aliphatic rings. The Kier molecular flexibility index (Phi) is 10.6. The number of ether oxygens (including phenoxy) is 1. The summed E-state index contributed by atoms with van der Waals surface area (Å²) in [7, 11) is 1.93. The Morgan fingerprint density at radius 2 is 2.19 bits per heavy atom.